The molecule has 0 aromatic heterocycles. The molecule has 18 heavy (non-hydrogen) atoms. The fourth-order valence-corrected chi connectivity index (χ4v) is 1.93. The highest BCUT2D eigenvalue weighted by Gasteiger charge is 2.09. The molecule has 0 amide bonds. The first-order valence-corrected chi connectivity index (χ1v) is 7.32. The minimum absolute atomic E-state index is 0.214. The van der Waals surface area contributed by atoms with Gasteiger partial charge in [0.1, 0.15) is 5.75 Å². The van der Waals surface area contributed by atoms with Crippen LogP contribution in [0, 0.1) is 0 Å². The Labute approximate surface area is 117 Å². The second-order valence-corrected chi connectivity index (χ2v) is 4.63. The van der Waals surface area contributed by atoms with Crippen molar-refractivity contribution in [3.8, 4) is 5.75 Å². The molecule has 0 atom stereocenters. The van der Waals surface area contributed by atoms with Crippen molar-refractivity contribution in [3.63, 3.8) is 0 Å². The van der Waals surface area contributed by atoms with Gasteiger partial charge in [0.05, 0.1) is 19.6 Å². The molecule has 0 radical (unpaired) electrons. The average Bonchev–Trinajstić information content (AvgIpc) is 2.37. The van der Waals surface area contributed by atoms with Crippen molar-refractivity contribution < 1.29 is 14.3 Å². The highest BCUT2D eigenvalue weighted by molar-refractivity contribution is 9.09. The maximum absolute atomic E-state index is 11.5. The van der Waals surface area contributed by atoms with Crippen LogP contribution in [0.3, 0.4) is 0 Å². The zero-order chi connectivity index (χ0) is 13.2. The quantitative estimate of drug-likeness (QED) is 0.419. The van der Waals surface area contributed by atoms with Gasteiger partial charge in [-0.25, -0.2) is 0 Å². The van der Waals surface area contributed by atoms with Gasteiger partial charge < -0.3 is 9.47 Å². The number of carbonyl (C=O) groups excluding carboxylic acids is 1. The summed E-state index contributed by atoms with van der Waals surface area (Å²) in [6, 6.07) is 7.60. The van der Waals surface area contributed by atoms with E-state index in [1.54, 1.807) is 6.92 Å². The number of hydrogen-bond acceptors (Lipinski definition) is 3. The molecule has 0 spiro atoms. The van der Waals surface area contributed by atoms with Gasteiger partial charge in [-0.2, -0.15) is 0 Å². The highest BCUT2D eigenvalue weighted by atomic mass is 79.9. The van der Waals surface area contributed by atoms with Gasteiger partial charge in [-0.05, 0) is 25.8 Å². The minimum atomic E-state index is -0.214. The van der Waals surface area contributed by atoms with E-state index in [9.17, 15) is 4.79 Å². The molecule has 0 aliphatic heterocycles. The van der Waals surface area contributed by atoms with Crippen LogP contribution in [0.2, 0.25) is 0 Å². The zero-order valence-electron chi connectivity index (χ0n) is 10.7. The first kappa shape index (κ1) is 15.0. The Morgan fingerprint density at radius 1 is 1.28 bits per heavy atom. The molecular formula is C14H19BrO3. The van der Waals surface area contributed by atoms with Gasteiger partial charge in [0.2, 0.25) is 0 Å². The third-order valence-corrected chi connectivity index (χ3v) is 2.96. The van der Waals surface area contributed by atoms with E-state index >= 15 is 0 Å². The van der Waals surface area contributed by atoms with E-state index in [1.807, 2.05) is 24.3 Å². The number of halogens is 1. The molecule has 0 N–H and O–H groups in total. The van der Waals surface area contributed by atoms with Crippen LogP contribution < -0.4 is 4.74 Å². The molecule has 0 saturated carbocycles. The van der Waals surface area contributed by atoms with E-state index in [2.05, 4.69) is 15.9 Å². The second-order valence-electron chi connectivity index (χ2n) is 3.83. The number of hydrogen-bond donors (Lipinski definition) is 0. The Morgan fingerprint density at radius 2 is 2.06 bits per heavy atom. The standard InChI is InChI=1S/C14H19BrO3/c1-2-17-14(16)11-12-7-3-4-8-13(12)18-10-6-5-9-15/h3-4,7-8H,2,5-6,9-11H2,1H3. The molecule has 0 bridgehead atoms. The van der Waals surface area contributed by atoms with Gasteiger partial charge in [-0.3, -0.25) is 4.79 Å². The van der Waals surface area contributed by atoms with E-state index in [-0.39, 0.29) is 12.4 Å². The summed E-state index contributed by atoms with van der Waals surface area (Å²) in [6.45, 7) is 2.89. The molecule has 0 heterocycles. The molecule has 1 rings (SSSR count). The van der Waals surface area contributed by atoms with Crippen LogP contribution in [0.25, 0.3) is 0 Å². The van der Waals surface area contributed by atoms with Crippen molar-refractivity contribution in [1.29, 1.82) is 0 Å². The fourth-order valence-electron chi connectivity index (χ4n) is 1.54. The number of unbranched alkanes of at least 4 members (excludes halogenated alkanes) is 1. The monoisotopic (exact) mass is 314 g/mol. The molecule has 0 aliphatic rings. The maximum Gasteiger partial charge on any atom is 0.310 e. The molecule has 0 fully saturated rings. The van der Waals surface area contributed by atoms with Crippen LogP contribution in [0.5, 0.6) is 5.75 Å². The molecule has 0 saturated heterocycles. The van der Waals surface area contributed by atoms with E-state index in [0.717, 1.165) is 29.5 Å². The van der Waals surface area contributed by atoms with Crippen molar-refractivity contribution in [3.05, 3.63) is 29.8 Å². The molecule has 0 unspecified atom stereocenters. The van der Waals surface area contributed by atoms with Gasteiger partial charge in [0.15, 0.2) is 0 Å². The lowest BCUT2D eigenvalue weighted by Crippen LogP contribution is -2.09. The second kappa shape index (κ2) is 8.97. The van der Waals surface area contributed by atoms with Crippen LogP contribution in [0.1, 0.15) is 25.3 Å². The van der Waals surface area contributed by atoms with E-state index < -0.39 is 0 Å². The van der Waals surface area contributed by atoms with Crippen LogP contribution in [-0.4, -0.2) is 24.5 Å². The summed E-state index contributed by atoms with van der Waals surface area (Å²) < 4.78 is 10.6. The topological polar surface area (TPSA) is 35.5 Å². The van der Waals surface area contributed by atoms with Crippen molar-refractivity contribution in [1.82, 2.24) is 0 Å². The number of rotatable bonds is 8. The van der Waals surface area contributed by atoms with Crippen LogP contribution in [0.15, 0.2) is 24.3 Å². The third kappa shape index (κ3) is 5.54. The summed E-state index contributed by atoms with van der Waals surface area (Å²) >= 11 is 3.38. The smallest absolute Gasteiger partial charge is 0.310 e. The van der Waals surface area contributed by atoms with Crippen LogP contribution in [0.4, 0.5) is 0 Å². The Kier molecular flexibility index (Phi) is 7.49. The van der Waals surface area contributed by atoms with Crippen molar-refractivity contribution in [2.24, 2.45) is 0 Å². The largest absolute Gasteiger partial charge is 0.493 e. The average molecular weight is 315 g/mol. The number of ether oxygens (including phenoxy) is 2. The lowest BCUT2D eigenvalue weighted by atomic mass is 10.1. The molecular weight excluding hydrogens is 296 g/mol. The Balaban J connectivity index is 2.53. The van der Waals surface area contributed by atoms with E-state index in [1.165, 1.54) is 0 Å². The molecule has 1 aromatic carbocycles. The number of esters is 1. The van der Waals surface area contributed by atoms with Gasteiger partial charge in [0, 0.05) is 10.9 Å². The number of para-hydroxylation sites is 1. The van der Waals surface area contributed by atoms with Gasteiger partial charge in [-0.15, -0.1) is 0 Å². The predicted molar refractivity (Wildman–Crippen MR) is 75.3 cm³/mol. The molecule has 1 aromatic rings. The van der Waals surface area contributed by atoms with Gasteiger partial charge in [0.25, 0.3) is 0 Å². The predicted octanol–water partition coefficient (Wildman–Crippen LogP) is 3.35. The Bertz CT molecular complexity index is 366. The summed E-state index contributed by atoms with van der Waals surface area (Å²) in [5, 5.41) is 0.987. The fraction of sp³-hybridized carbons (Fsp3) is 0.500. The third-order valence-electron chi connectivity index (χ3n) is 2.40. The lowest BCUT2D eigenvalue weighted by Gasteiger charge is -2.10. The molecule has 4 heteroatoms. The Hall–Kier alpha value is -1.03. The highest BCUT2D eigenvalue weighted by Crippen LogP contribution is 2.19. The normalized spacial score (nSPS) is 10.1. The SMILES string of the molecule is CCOC(=O)Cc1ccccc1OCCCCBr. The summed E-state index contributed by atoms with van der Waals surface area (Å²) in [5.41, 5.74) is 0.884. The van der Waals surface area contributed by atoms with Crippen LogP contribution >= 0.6 is 15.9 Å². The maximum atomic E-state index is 11.5. The van der Waals surface area contributed by atoms with Gasteiger partial charge in [-0.1, -0.05) is 34.1 Å². The number of alkyl halides is 1. The van der Waals surface area contributed by atoms with Crippen molar-refractivity contribution in [2.75, 3.05) is 18.5 Å². The number of benzene rings is 1. The van der Waals surface area contributed by atoms with E-state index in [4.69, 9.17) is 9.47 Å². The minimum Gasteiger partial charge on any atom is -0.493 e. The first-order valence-electron chi connectivity index (χ1n) is 6.20. The van der Waals surface area contributed by atoms with Crippen molar-refractivity contribution >= 4 is 21.9 Å². The Morgan fingerprint density at radius 3 is 2.78 bits per heavy atom. The lowest BCUT2D eigenvalue weighted by molar-refractivity contribution is -0.142. The van der Waals surface area contributed by atoms with Crippen molar-refractivity contribution in [2.45, 2.75) is 26.2 Å². The van der Waals surface area contributed by atoms with Crippen LogP contribution in [-0.2, 0) is 16.0 Å². The molecule has 3 nitrogen and oxygen atoms in total. The summed E-state index contributed by atoms with van der Waals surface area (Å²) in [7, 11) is 0. The number of carbonyl (C=O) groups is 1. The summed E-state index contributed by atoms with van der Waals surface area (Å²) in [6.07, 6.45) is 2.35. The molecule has 100 valence electrons. The summed E-state index contributed by atoms with van der Waals surface area (Å²) in [4.78, 5) is 11.5. The van der Waals surface area contributed by atoms with Gasteiger partial charge >= 0.3 is 5.97 Å². The van der Waals surface area contributed by atoms with E-state index in [0.29, 0.717) is 13.2 Å². The first-order chi connectivity index (χ1) is 8.77. The molecule has 0 aliphatic carbocycles. The zero-order valence-corrected chi connectivity index (χ0v) is 12.2. The summed E-state index contributed by atoms with van der Waals surface area (Å²) in [5.74, 6) is 0.564.